The number of ether oxygens (including phenoxy) is 1. The molecule has 0 aliphatic heterocycles. The van der Waals surface area contributed by atoms with Gasteiger partial charge >= 0.3 is 0 Å². The van der Waals surface area contributed by atoms with Crippen LogP contribution >= 0.6 is 11.8 Å². The van der Waals surface area contributed by atoms with Crippen LogP contribution in [0.15, 0.2) is 0 Å². The van der Waals surface area contributed by atoms with Crippen molar-refractivity contribution in [2.45, 2.75) is 6.42 Å². The quantitative estimate of drug-likeness (QED) is 0.518. The van der Waals surface area contributed by atoms with Crippen LogP contribution in [0.5, 0.6) is 0 Å². The number of aliphatic hydroxyl groups excluding tert-OH is 1. The van der Waals surface area contributed by atoms with E-state index in [0.717, 1.165) is 24.5 Å². The molecule has 0 saturated heterocycles. The van der Waals surface area contributed by atoms with Crippen LogP contribution in [0.2, 0.25) is 0 Å². The minimum absolute atomic E-state index is 0.288. The van der Waals surface area contributed by atoms with Gasteiger partial charge in [-0.3, -0.25) is 0 Å². The molecule has 0 aliphatic carbocycles. The molecule has 3 nitrogen and oxygen atoms in total. The average molecular weight is 179 g/mol. The predicted octanol–water partition coefficient (Wildman–Crippen LogP) is 0.0773. The summed E-state index contributed by atoms with van der Waals surface area (Å²) in [5.41, 5.74) is 5.23. The Balaban J connectivity index is 2.69. The maximum absolute atomic E-state index is 8.45. The Bertz CT molecular complexity index is 65.5. The molecular formula is C7H17NO2S. The molecule has 68 valence electrons. The molecule has 0 radical (unpaired) electrons. The zero-order valence-corrected chi connectivity index (χ0v) is 7.61. The Labute approximate surface area is 72.3 Å². The van der Waals surface area contributed by atoms with Gasteiger partial charge in [-0.2, -0.15) is 11.8 Å². The van der Waals surface area contributed by atoms with Gasteiger partial charge in [0.15, 0.2) is 0 Å². The van der Waals surface area contributed by atoms with Crippen molar-refractivity contribution in [3.63, 3.8) is 0 Å². The van der Waals surface area contributed by atoms with E-state index >= 15 is 0 Å². The molecule has 4 heteroatoms. The molecule has 0 aromatic heterocycles. The lowest BCUT2D eigenvalue weighted by Crippen LogP contribution is -2.10. The first-order valence-electron chi connectivity index (χ1n) is 3.88. The van der Waals surface area contributed by atoms with E-state index in [4.69, 9.17) is 15.6 Å². The van der Waals surface area contributed by atoms with E-state index in [9.17, 15) is 0 Å². The van der Waals surface area contributed by atoms with Crippen molar-refractivity contribution >= 4 is 11.8 Å². The molecule has 0 fully saturated rings. The first kappa shape index (κ1) is 11.2. The summed E-state index contributed by atoms with van der Waals surface area (Å²) in [6.45, 7) is 2.31. The summed E-state index contributed by atoms with van der Waals surface area (Å²) < 4.78 is 5.15. The maximum atomic E-state index is 8.45. The highest BCUT2D eigenvalue weighted by Gasteiger charge is 1.88. The number of hydrogen-bond donors (Lipinski definition) is 2. The summed E-state index contributed by atoms with van der Waals surface area (Å²) >= 11 is 1.80. The van der Waals surface area contributed by atoms with Crippen molar-refractivity contribution in [2.75, 3.05) is 37.9 Å². The van der Waals surface area contributed by atoms with Crippen molar-refractivity contribution in [2.24, 2.45) is 5.73 Å². The number of thioether (sulfide) groups is 1. The maximum Gasteiger partial charge on any atom is 0.0589 e. The molecule has 0 aromatic carbocycles. The molecule has 0 aliphatic rings. The third-order valence-electron chi connectivity index (χ3n) is 1.08. The van der Waals surface area contributed by atoms with E-state index in [2.05, 4.69) is 0 Å². The molecule has 11 heavy (non-hydrogen) atoms. The van der Waals surface area contributed by atoms with Gasteiger partial charge in [0.1, 0.15) is 0 Å². The summed E-state index contributed by atoms with van der Waals surface area (Å²) in [6, 6.07) is 0. The largest absolute Gasteiger partial charge is 0.396 e. The molecular weight excluding hydrogens is 162 g/mol. The number of hydrogen-bond acceptors (Lipinski definition) is 4. The van der Waals surface area contributed by atoms with Crippen LogP contribution in [0.25, 0.3) is 0 Å². The second-order valence-electron chi connectivity index (χ2n) is 2.09. The minimum Gasteiger partial charge on any atom is -0.396 e. The monoisotopic (exact) mass is 179 g/mol. The van der Waals surface area contributed by atoms with Crippen molar-refractivity contribution in [3.8, 4) is 0 Å². The van der Waals surface area contributed by atoms with Gasteiger partial charge in [-0.05, 0) is 12.2 Å². The molecule has 0 aromatic rings. The van der Waals surface area contributed by atoms with Gasteiger partial charge in [-0.1, -0.05) is 0 Å². The van der Waals surface area contributed by atoms with Gasteiger partial charge in [0, 0.05) is 18.9 Å². The fraction of sp³-hybridized carbons (Fsp3) is 1.00. The van der Waals surface area contributed by atoms with E-state index in [1.165, 1.54) is 0 Å². The van der Waals surface area contributed by atoms with Crippen LogP contribution in [0, 0.1) is 0 Å². The van der Waals surface area contributed by atoms with E-state index in [1.807, 2.05) is 0 Å². The highest BCUT2D eigenvalue weighted by molar-refractivity contribution is 7.99. The number of rotatable bonds is 8. The summed E-state index contributed by atoms with van der Waals surface area (Å²) in [5.74, 6) is 2.02. The van der Waals surface area contributed by atoms with Crippen LogP contribution in [-0.4, -0.2) is 43.0 Å². The van der Waals surface area contributed by atoms with Gasteiger partial charge in [-0.15, -0.1) is 0 Å². The van der Waals surface area contributed by atoms with Gasteiger partial charge < -0.3 is 15.6 Å². The molecule has 0 amide bonds. The zero-order valence-electron chi connectivity index (χ0n) is 6.79. The van der Waals surface area contributed by atoms with Crippen LogP contribution in [0.3, 0.4) is 0 Å². The average Bonchev–Trinajstić information content (AvgIpc) is 2.03. The highest BCUT2D eigenvalue weighted by Crippen LogP contribution is 2.00. The molecule has 0 unspecified atom stereocenters. The Hall–Kier alpha value is 0.230. The van der Waals surface area contributed by atoms with Crippen LogP contribution in [-0.2, 0) is 4.74 Å². The van der Waals surface area contributed by atoms with Crippen LogP contribution in [0.4, 0.5) is 0 Å². The van der Waals surface area contributed by atoms with E-state index in [0.29, 0.717) is 13.2 Å². The Morgan fingerprint density at radius 2 is 2.09 bits per heavy atom. The van der Waals surface area contributed by atoms with Crippen molar-refractivity contribution in [1.82, 2.24) is 0 Å². The van der Waals surface area contributed by atoms with Crippen LogP contribution in [0.1, 0.15) is 6.42 Å². The fourth-order valence-electron chi connectivity index (χ4n) is 0.572. The first-order valence-corrected chi connectivity index (χ1v) is 5.03. The lowest BCUT2D eigenvalue weighted by molar-refractivity contribution is 0.158. The second-order valence-corrected chi connectivity index (χ2v) is 3.32. The highest BCUT2D eigenvalue weighted by atomic mass is 32.2. The van der Waals surface area contributed by atoms with Crippen molar-refractivity contribution < 1.29 is 9.84 Å². The third kappa shape index (κ3) is 10.2. The molecule has 3 N–H and O–H groups in total. The summed E-state index contributed by atoms with van der Waals surface area (Å²) in [6.07, 6.45) is 0.877. The van der Waals surface area contributed by atoms with E-state index < -0.39 is 0 Å². The Morgan fingerprint density at radius 3 is 2.73 bits per heavy atom. The second kappa shape index (κ2) is 10.2. The standard InChI is InChI=1S/C7H17NO2S/c8-2-4-10-5-7-11-6-1-3-9/h9H,1-8H2. The third-order valence-corrected chi connectivity index (χ3v) is 2.11. The fourth-order valence-corrected chi connectivity index (χ4v) is 1.34. The van der Waals surface area contributed by atoms with Gasteiger partial charge in [-0.25, -0.2) is 0 Å². The summed E-state index contributed by atoms with van der Waals surface area (Å²) in [4.78, 5) is 0. The Morgan fingerprint density at radius 1 is 1.27 bits per heavy atom. The first-order chi connectivity index (χ1) is 5.41. The van der Waals surface area contributed by atoms with Gasteiger partial charge in [0.05, 0.1) is 13.2 Å². The number of nitrogens with two attached hydrogens (primary N) is 1. The molecule has 0 saturated carbocycles. The van der Waals surface area contributed by atoms with Crippen molar-refractivity contribution in [1.29, 1.82) is 0 Å². The molecule has 0 bridgehead atoms. The van der Waals surface area contributed by atoms with E-state index in [-0.39, 0.29) is 6.61 Å². The predicted molar refractivity (Wildman–Crippen MR) is 48.9 cm³/mol. The molecule has 0 atom stereocenters. The summed E-state index contributed by atoms with van der Waals surface area (Å²) in [7, 11) is 0. The molecule has 0 rings (SSSR count). The SMILES string of the molecule is NCCOCCSCCCO. The lowest BCUT2D eigenvalue weighted by atomic mass is 10.5. The number of aliphatic hydroxyl groups is 1. The Kier molecular flexibility index (Phi) is 10.4. The molecule has 0 heterocycles. The smallest absolute Gasteiger partial charge is 0.0589 e. The minimum atomic E-state index is 0.288. The summed E-state index contributed by atoms with van der Waals surface area (Å²) in [5, 5.41) is 8.45. The lowest BCUT2D eigenvalue weighted by Gasteiger charge is -2.01. The normalized spacial score (nSPS) is 10.4. The van der Waals surface area contributed by atoms with Crippen molar-refractivity contribution in [3.05, 3.63) is 0 Å². The topological polar surface area (TPSA) is 55.5 Å². The molecule has 0 spiro atoms. The van der Waals surface area contributed by atoms with Crippen LogP contribution < -0.4 is 5.73 Å². The zero-order chi connectivity index (χ0) is 8.36. The van der Waals surface area contributed by atoms with E-state index in [1.54, 1.807) is 11.8 Å². The van der Waals surface area contributed by atoms with Gasteiger partial charge in [0.2, 0.25) is 0 Å². The van der Waals surface area contributed by atoms with Gasteiger partial charge in [0.25, 0.3) is 0 Å².